The summed E-state index contributed by atoms with van der Waals surface area (Å²) in [5, 5.41) is 14.1. The highest BCUT2D eigenvalue weighted by Crippen LogP contribution is 2.36. The van der Waals surface area contributed by atoms with Crippen molar-refractivity contribution in [3.63, 3.8) is 0 Å². The van der Waals surface area contributed by atoms with Crippen molar-refractivity contribution in [2.45, 2.75) is 25.4 Å². The van der Waals surface area contributed by atoms with Crippen LogP contribution in [0.15, 0.2) is 29.4 Å². The number of carbonyl (C=O) groups is 1. The van der Waals surface area contributed by atoms with E-state index < -0.39 is 0 Å². The van der Waals surface area contributed by atoms with Crippen LogP contribution in [0.5, 0.6) is 0 Å². The standard InChI is InChI=1S/C15H15N3O2/c1-17-11-5-3-2-4-9(11)10-8-18-12(6-7-13(18)19)14(16-20)15(10)17/h2-5,12,20H,6-8H2,1H3/b16-14-. The lowest BCUT2D eigenvalue weighted by molar-refractivity contribution is -0.128. The summed E-state index contributed by atoms with van der Waals surface area (Å²) in [5.74, 6) is 0.148. The van der Waals surface area contributed by atoms with Crippen molar-refractivity contribution in [2.24, 2.45) is 12.2 Å². The first-order valence-corrected chi connectivity index (χ1v) is 6.80. The third-order valence-corrected chi connectivity index (χ3v) is 4.53. The van der Waals surface area contributed by atoms with Gasteiger partial charge >= 0.3 is 0 Å². The van der Waals surface area contributed by atoms with Crippen molar-refractivity contribution in [3.05, 3.63) is 35.5 Å². The molecule has 20 heavy (non-hydrogen) atoms. The number of nitrogens with zero attached hydrogens (tertiary/aromatic N) is 3. The van der Waals surface area contributed by atoms with Crippen molar-refractivity contribution in [1.29, 1.82) is 0 Å². The number of oxime groups is 1. The first-order chi connectivity index (χ1) is 9.72. The number of hydrogen-bond acceptors (Lipinski definition) is 3. The van der Waals surface area contributed by atoms with Gasteiger partial charge in [-0.1, -0.05) is 23.4 Å². The van der Waals surface area contributed by atoms with Crippen molar-refractivity contribution in [1.82, 2.24) is 9.47 Å². The van der Waals surface area contributed by atoms with Crippen LogP contribution in [0.1, 0.15) is 24.1 Å². The topological polar surface area (TPSA) is 57.8 Å². The molecule has 1 amide bonds. The summed E-state index contributed by atoms with van der Waals surface area (Å²) < 4.78 is 2.07. The molecule has 1 fully saturated rings. The van der Waals surface area contributed by atoms with E-state index in [4.69, 9.17) is 0 Å². The average Bonchev–Trinajstić information content (AvgIpc) is 2.98. The van der Waals surface area contributed by atoms with E-state index in [9.17, 15) is 10.0 Å². The summed E-state index contributed by atoms with van der Waals surface area (Å²) in [6, 6.07) is 8.02. The van der Waals surface area contributed by atoms with Crippen LogP contribution in [0.4, 0.5) is 0 Å². The van der Waals surface area contributed by atoms with Crippen LogP contribution in [0.25, 0.3) is 10.9 Å². The van der Waals surface area contributed by atoms with Crippen molar-refractivity contribution in [2.75, 3.05) is 0 Å². The number of aryl methyl sites for hydroxylation is 1. The molecule has 0 spiro atoms. The van der Waals surface area contributed by atoms with Gasteiger partial charge in [-0.15, -0.1) is 0 Å². The van der Waals surface area contributed by atoms with Crippen LogP contribution >= 0.6 is 0 Å². The second kappa shape index (κ2) is 3.85. The molecule has 0 radical (unpaired) electrons. The van der Waals surface area contributed by atoms with E-state index in [1.54, 1.807) is 0 Å². The summed E-state index contributed by atoms with van der Waals surface area (Å²) in [6.07, 6.45) is 1.27. The van der Waals surface area contributed by atoms with Crippen LogP contribution in [-0.2, 0) is 18.4 Å². The van der Waals surface area contributed by atoms with Crippen LogP contribution in [0.2, 0.25) is 0 Å². The molecular weight excluding hydrogens is 254 g/mol. The zero-order valence-corrected chi connectivity index (χ0v) is 11.2. The molecule has 0 aliphatic carbocycles. The number of para-hydroxylation sites is 1. The van der Waals surface area contributed by atoms with E-state index in [0.717, 1.165) is 28.6 Å². The molecule has 4 rings (SSSR count). The zero-order valence-electron chi connectivity index (χ0n) is 11.2. The van der Waals surface area contributed by atoms with Gasteiger partial charge in [0.05, 0.1) is 11.7 Å². The van der Waals surface area contributed by atoms with E-state index in [1.807, 2.05) is 24.1 Å². The van der Waals surface area contributed by atoms with E-state index in [-0.39, 0.29) is 11.9 Å². The van der Waals surface area contributed by atoms with Crippen LogP contribution in [0.3, 0.4) is 0 Å². The smallest absolute Gasteiger partial charge is 0.223 e. The fourth-order valence-electron chi connectivity index (χ4n) is 3.62. The van der Waals surface area contributed by atoms with Crippen LogP contribution in [0, 0.1) is 0 Å². The fourth-order valence-corrected chi connectivity index (χ4v) is 3.62. The predicted molar refractivity (Wildman–Crippen MR) is 74.8 cm³/mol. The lowest BCUT2D eigenvalue weighted by atomic mass is 9.97. The molecular formula is C15H15N3O2. The third-order valence-electron chi connectivity index (χ3n) is 4.53. The second-order valence-corrected chi connectivity index (χ2v) is 5.46. The Bertz CT molecular complexity index is 760. The lowest BCUT2D eigenvalue weighted by Crippen LogP contribution is -2.43. The molecule has 1 atom stereocenters. The van der Waals surface area contributed by atoms with Gasteiger partial charge in [0.1, 0.15) is 5.71 Å². The largest absolute Gasteiger partial charge is 0.411 e. The molecule has 1 aromatic carbocycles. The van der Waals surface area contributed by atoms with Gasteiger partial charge in [-0.05, 0) is 12.5 Å². The Morgan fingerprint density at radius 2 is 2.15 bits per heavy atom. The van der Waals surface area contributed by atoms with Gasteiger partial charge in [0.2, 0.25) is 5.91 Å². The van der Waals surface area contributed by atoms with Gasteiger partial charge in [0.25, 0.3) is 0 Å². The third kappa shape index (κ3) is 1.27. The minimum absolute atomic E-state index is 0.0805. The molecule has 3 heterocycles. The normalized spacial score (nSPS) is 23.4. The maximum absolute atomic E-state index is 12.0. The number of rotatable bonds is 0. The van der Waals surface area contributed by atoms with Gasteiger partial charge in [-0.25, -0.2) is 0 Å². The Kier molecular flexibility index (Phi) is 2.22. The first-order valence-electron chi connectivity index (χ1n) is 6.80. The maximum atomic E-state index is 12.0. The number of hydrogen-bond donors (Lipinski definition) is 1. The van der Waals surface area contributed by atoms with Crippen molar-refractivity contribution in [3.8, 4) is 0 Å². The summed E-state index contributed by atoms with van der Waals surface area (Å²) in [7, 11) is 1.98. The number of amides is 1. The van der Waals surface area contributed by atoms with Gasteiger partial charge in [0, 0.05) is 36.5 Å². The summed E-state index contributed by atoms with van der Waals surface area (Å²) in [4.78, 5) is 13.8. The lowest BCUT2D eigenvalue weighted by Gasteiger charge is -2.31. The molecule has 1 unspecified atom stereocenters. The Hall–Kier alpha value is -2.30. The quantitative estimate of drug-likeness (QED) is 0.586. The molecule has 1 saturated heterocycles. The Morgan fingerprint density at radius 3 is 2.95 bits per heavy atom. The van der Waals surface area contributed by atoms with E-state index in [2.05, 4.69) is 21.9 Å². The number of carbonyl (C=O) groups excluding carboxylic acids is 1. The minimum atomic E-state index is -0.0805. The Balaban J connectivity index is 2.04. The second-order valence-electron chi connectivity index (χ2n) is 5.46. The molecule has 1 aromatic heterocycles. The van der Waals surface area contributed by atoms with Gasteiger partial charge < -0.3 is 14.7 Å². The number of fused-ring (bicyclic) bond motifs is 4. The summed E-state index contributed by atoms with van der Waals surface area (Å²) in [5.41, 5.74) is 3.77. The summed E-state index contributed by atoms with van der Waals surface area (Å²) in [6.45, 7) is 0.610. The van der Waals surface area contributed by atoms with Crippen LogP contribution < -0.4 is 0 Å². The zero-order chi connectivity index (χ0) is 13.9. The molecule has 0 saturated carbocycles. The van der Waals surface area contributed by atoms with Gasteiger partial charge in [-0.2, -0.15) is 0 Å². The molecule has 2 aliphatic heterocycles. The number of aromatic nitrogens is 1. The molecule has 102 valence electrons. The molecule has 5 heteroatoms. The summed E-state index contributed by atoms with van der Waals surface area (Å²) >= 11 is 0. The van der Waals surface area contributed by atoms with Crippen molar-refractivity contribution < 1.29 is 10.0 Å². The highest BCUT2D eigenvalue weighted by Gasteiger charge is 2.42. The van der Waals surface area contributed by atoms with Gasteiger partial charge in [0.15, 0.2) is 0 Å². The molecule has 2 aromatic rings. The van der Waals surface area contributed by atoms with E-state index >= 15 is 0 Å². The van der Waals surface area contributed by atoms with E-state index in [1.165, 1.54) is 0 Å². The SMILES string of the molecule is Cn1c2c(c3ccccc31)CN1C(=O)CCC1/C2=N/O. The first kappa shape index (κ1) is 11.5. The average molecular weight is 269 g/mol. The molecule has 2 aliphatic rings. The van der Waals surface area contributed by atoms with E-state index in [0.29, 0.717) is 18.7 Å². The maximum Gasteiger partial charge on any atom is 0.223 e. The van der Waals surface area contributed by atoms with Crippen molar-refractivity contribution >= 4 is 22.5 Å². The Morgan fingerprint density at radius 1 is 1.35 bits per heavy atom. The number of benzene rings is 1. The van der Waals surface area contributed by atoms with Crippen LogP contribution in [-0.4, -0.2) is 32.3 Å². The monoisotopic (exact) mass is 269 g/mol. The van der Waals surface area contributed by atoms with Gasteiger partial charge in [-0.3, -0.25) is 4.79 Å². The minimum Gasteiger partial charge on any atom is -0.411 e. The fraction of sp³-hybridized carbons (Fsp3) is 0.333. The molecule has 1 N–H and O–H groups in total. The highest BCUT2D eigenvalue weighted by molar-refractivity contribution is 6.11. The molecule has 5 nitrogen and oxygen atoms in total. The Labute approximate surface area is 116 Å². The highest BCUT2D eigenvalue weighted by atomic mass is 16.4. The molecule has 0 bridgehead atoms. The predicted octanol–water partition coefficient (Wildman–Crippen LogP) is 1.86.